The van der Waals surface area contributed by atoms with Gasteiger partial charge in [0.05, 0.1) is 16.4 Å². The summed E-state index contributed by atoms with van der Waals surface area (Å²) < 4.78 is 3.87. The van der Waals surface area contributed by atoms with Crippen molar-refractivity contribution in [3.63, 3.8) is 0 Å². The van der Waals surface area contributed by atoms with E-state index in [1.165, 1.54) is 5.69 Å². The van der Waals surface area contributed by atoms with Crippen LogP contribution in [0.15, 0.2) is 53.7 Å². The van der Waals surface area contributed by atoms with E-state index in [-0.39, 0.29) is 5.78 Å². The lowest BCUT2D eigenvalue weighted by atomic mass is 9.92. The summed E-state index contributed by atoms with van der Waals surface area (Å²) in [5.74, 6) is -0.709. The first-order chi connectivity index (χ1) is 21.9. The Balaban J connectivity index is 1.50. The highest BCUT2D eigenvalue weighted by Crippen LogP contribution is 2.35. The molecule has 2 heterocycles. The van der Waals surface area contributed by atoms with E-state index in [1.807, 2.05) is 49.4 Å². The van der Waals surface area contributed by atoms with E-state index in [4.69, 9.17) is 11.6 Å². The maximum absolute atomic E-state index is 14.7. The lowest BCUT2D eigenvalue weighted by molar-refractivity contribution is -0.115. The Labute approximate surface area is 274 Å². The second-order valence-electron chi connectivity index (χ2n) is 11.5. The first-order valence-electron chi connectivity index (χ1n) is 16.0. The van der Waals surface area contributed by atoms with E-state index < -0.39 is 11.2 Å². The van der Waals surface area contributed by atoms with Crippen LogP contribution in [0.2, 0.25) is 5.02 Å². The van der Waals surface area contributed by atoms with Crippen molar-refractivity contribution in [2.24, 2.45) is 0 Å². The summed E-state index contributed by atoms with van der Waals surface area (Å²) in [5.41, 5.74) is 5.94. The molecule has 1 atom stereocenters. The molecule has 0 aliphatic heterocycles. The molecule has 0 fully saturated rings. The van der Waals surface area contributed by atoms with Crippen molar-refractivity contribution in [3.8, 4) is 5.69 Å². The lowest BCUT2D eigenvalue weighted by Gasteiger charge is -2.18. The molecule has 5 rings (SSSR count). The number of unbranched alkanes of at least 4 members (excludes halogenated alkanes) is 3. The van der Waals surface area contributed by atoms with Gasteiger partial charge in [-0.2, -0.15) is 4.68 Å². The summed E-state index contributed by atoms with van der Waals surface area (Å²) in [5, 5.41) is 18.3. The first kappa shape index (κ1) is 32.8. The summed E-state index contributed by atoms with van der Waals surface area (Å²) in [4.78, 5) is 28.9. The van der Waals surface area contributed by atoms with E-state index >= 15 is 0 Å². The molecule has 4 aromatic rings. The molecule has 0 saturated carbocycles. The van der Waals surface area contributed by atoms with Crippen molar-refractivity contribution in [2.75, 3.05) is 17.2 Å². The summed E-state index contributed by atoms with van der Waals surface area (Å²) >= 11 is 7.63. The number of carbonyl (C=O) groups is 2. The first-order valence-corrected chi connectivity index (χ1v) is 17.3. The van der Waals surface area contributed by atoms with E-state index in [0.717, 1.165) is 105 Å². The molecule has 9 nitrogen and oxygen atoms in total. The molecule has 1 aliphatic rings. The number of hydrogen-bond donors (Lipinski definition) is 2. The predicted molar refractivity (Wildman–Crippen MR) is 182 cm³/mol. The molecule has 1 aliphatic carbocycles. The molecule has 2 N–H and O–H groups in total. The molecule has 238 valence electrons. The number of thioether (sulfide) groups is 1. The van der Waals surface area contributed by atoms with Crippen molar-refractivity contribution in [3.05, 3.63) is 76.1 Å². The number of nitrogens with zero attached hydrogens (tertiary/aromatic N) is 5. The Morgan fingerprint density at radius 2 is 1.80 bits per heavy atom. The predicted octanol–water partition coefficient (Wildman–Crippen LogP) is 7.69. The average molecular weight is 648 g/mol. The minimum absolute atomic E-state index is 0.240. The molecule has 1 unspecified atom stereocenters. The smallest absolute Gasteiger partial charge is 0.245 e. The highest BCUT2D eigenvalue weighted by molar-refractivity contribution is 8.01. The Hall–Kier alpha value is -3.63. The van der Waals surface area contributed by atoms with Crippen LogP contribution >= 0.6 is 23.4 Å². The molecule has 2 aromatic heterocycles. The van der Waals surface area contributed by atoms with Gasteiger partial charge in [-0.15, -0.1) is 5.10 Å². The molecule has 0 spiro atoms. The molecule has 0 radical (unpaired) electrons. The number of Topliss-reactive ketones (excluding diaryl/α,β-unsaturated/α-hetero) is 1. The highest BCUT2D eigenvalue weighted by atomic mass is 35.5. The number of para-hydroxylation sites is 1. The lowest BCUT2D eigenvalue weighted by Crippen LogP contribution is -2.34. The number of ketones is 1. The fourth-order valence-corrected chi connectivity index (χ4v) is 7.03. The van der Waals surface area contributed by atoms with Crippen LogP contribution in [0.4, 0.5) is 11.4 Å². The number of rotatable bonds is 15. The third kappa shape index (κ3) is 7.61. The third-order valence-corrected chi connectivity index (χ3v) is 9.75. The second-order valence-corrected chi connectivity index (χ2v) is 13.0. The summed E-state index contributed by atoms with van der Waals surface area (Å²) in [6.45, 7) is 8.04. The number of fused-ring (bicyclic) bond motifs is 1. The maximum Gasteiger partial charge on any atom is 0.245 e. The molecule has 11 heteroatoms. The minimum atomic E-state index is -1.15. The fraction of sp³-hybridized carbons (Fsp3) is 0.441. The van der Waals surface area contributed by atoms with E-state index in [2.05, 4.69) is 44.6 Å². The van der Waals surface area contributed by atoms with Gasteiger partial charge < -0.3 is 15.2 Å². The quantitative estimate of drug-likeness (QED) is 0.0590. The van der Waals surface area contributed by atoms with Gasteiger partial charge >= 0.3 is 0 Å². The fourth-order valence-electron chi connectivity index (χ4n) is 5.94. The molecule has 0 saturated heterocycles. The molecule has 1 amide bonds. The number of aromatic nitrogens is 5. The van der Waals surface area contributed by atoms with Crippen LogP contribution < -0.4 is 10.6 Å². The third-order valence-electron chi connectivity index (χ3n) is 8.29. The standard InChI is InChI=1S/C34H42ClN7O2S/c1-4-6-13-20-36-24-18-19-27(35)28(22-24)37-33(44)32(45-34-38-39-40-42(34)25-14-9-8-10-15-25)31(43)30-23(3)41(21-7-5-2)29-17-12-11-16-26(29)30/h8-10,14-15,18-19,22,32,36H,4-7,11-13,16-17,20-21H2,1-3H3,(H,37,44). The van der Waals surface area contributed by atoms with Gasteiger partial charge in [0.15, 0.2) is 11.0 Å². The van der Waals surface area contributed by atoms with Crippen LogP contribution in [0.3, 0.4) is 0 Å². The van der Waals surface area contributed by atoms with E-state index in [1.54, 1.807) is 10.7 Å². The van der Waals surface area contributed by atoms with Crippen LogP contribution in [0.5, 0.6) is 0 Å². The van der Waals surface area contributed by atoms with Crippen molar-refractivity contribution < 1.29 is 9.59 Å². The number of tetrazole rings is 1. The number of nitrogens with one attached hydrogen (secondary N) is 2. The minimum Gasteiger partial charge on any atom is -0.385 e. The van der Waals surface area contributed by atoms with Gasteiger partial charge in [0.2, 0.25) is 11.1 Å². The van der Waals surface area contributed by atoms with E-state index in [9.17, 15) is 9.59 Å². The number of anilines is 2. The van der Waals surface area contributed by atoms with Gasteiger partial charge in [-0.3, -0.25) is 9.59 Å². The zero-order chi connectivity index (χ0) is 31.8. The van der Waals surface area contributed by atoms with Crippen LogP contribution in [-0.4, -0.2) is 48.3 Å². The van der Waals surface area contributed by atoms with Gasteiger partial charge in [-0.25, -0.2) is 0 Å². The SMILES string of the molecule is CCCCCNc1ccc(Cl)c(NC(=O)C(Sc2nnnn2-c2ccccc2)C(=O)c2c3c(n(CCCC)c2C)CCCC3)c1. The molecule has 45 heavy (non-hydrogen) atoms. The largest absolute Gasteiger partial charge is 0.385 e. The number of carbonyl (C=O) groups excluding carboxylic acids is 2. The second kappa shape index (κ2) is 15.6. The van der Waals surface area contributed by atoms with Crippen LogP contribution in [-0.2, 0) is 24.2 Å². The van der Waals surface area contributed by atoms with Crippen molar-refractivity contribution in [1.29, 1.82) is 0 Å². The summed E-state index contributed by atoms with van der Waals surface area (Å²) in [6.07, 6.45) is 9.30. The Kier molecular flexibility index (Phi) is 11.3. The van der Waals surface area contributed by atoms with Gasteiger partial charge in [0.25, 0.3) is 0 Å². The van der Waals surface area contributed by atoms with Crippen molar-refractivity contribution in [2.45, 2.75) is 95.5 Å². The average Bonchev–Trinajstić information content (AvgIpc) is 3.64. The van der Waals surface area contributed by atoms with Gasteiger partial charge in [-0.05, 0) is 91.8 Å². The number of amides is 1. The van der Waals surface area contributed by atoms with Crippen molar-refractivity contribution >= 4 is 46.4 Å². The maximum atomic E-state index is 14.7. The van der Waals surface area contributed by atoms with Crippen LogP contribution in [0.25, 0.3) is 5.69 Å². The van der Waals surface area contributed by atoms with Crippen LogP contribution in [0, 0.1) is 6.92 Å². The number of hydrogen-bond acceptors (Lipinski definition) is 7. The van der Waals surface area contributed by atoms with Gasteiger partial charge in [0.1, 0.15) is 0 Å². The summed E-state index contributed by atoms with van der Waals surface area (Å²) in [6, 6.07) is 14.9. The summed E-state index contributed by atoms with van der Waals surface area (Å²) in [7, 11) is 0. The number of halogens is 1. The zero-order valence-electron chi connectivity index (χ0n) is 26.3. The normalized spacial score (nSPS) is 13.3. The molecular weight excluding hydrogens is 606 g/mol. The van der Waals surface area contributed by atoms with Crippen LogP contribution in [0.1, 0.15) is 86.1 Å². The topological polar surface area (TPSA) is 107 Å². The monoisotopic (exact) mass is 647 g/mol. The number of benzene rings is 2. The van der Waals surface area contributed by atoms with Crippen molar-refractivity contribution in [1.82, 2.24) is 24.8 Å². The zero-order valence-corrected chi connectivity index (χ0v) is 27.9. The Bertz CT molecular complexity index is 1620. The van der Waals surface area contributed by atoms with E-state index in [0.29, 0.717) is 21.4 Å². The highest BCUT2D eigenvalue weighted by Gasteiger charge is 2.36. The molecule has 0 bridgehead atoms. The van der Waals surface area contributed by atoms with Gasteiger partial charge in [-0.1, -0.05) is 74.7 Å². The molecular formula is C34H42ClN7O2S. The Morgan fingerprint density at radius 3 is 2.58 bits per heavy atom. The molecule has 2 aromatic carbocycles. The van der Waals surface area contributed by atoms with Gasteiger partial charge in [0, 0.05) is 35.7 Å². The Morgan fingerprint density at radius 1 is 1.02 bits per heavy atom.